The molecule has 0 radical (unpaired) electrons. The Morgan fingerprint density at radius 1 is 1.30 bits per heavy atom. The standard InChI is InChI=1S/C21H22ClN7O3S/c1-11(2)29-18(25-26-20(29)33-4)14-6-5-7-17(24-14)28-9-13-12(19(28)30)8-16(22)23-15(13)10-27(3)21(31)32/h5-8,11H,9-10H2,1-4H3,(H,31,32). The van der Waals surface area contributed by atoms with E-state index in [0.717, 1.165) is 10.1 Å². The van der Waals surface area contributed by atoms with Crippen LogP contribution in [0.4, 0.5) is 10.6 Å². The van der Waals surface area contributed by atoms with Crippen molar-refractivity contribution in [2.24, 2.45) is 0 Å². The molecule has 0 spiro atoms. The third-order valence-electron chi connectivity index (χ3n) is 5.29. The molecule has 0 fully saturated rings. The second-order valence-electron chi connectivity index (χ2n) is 7.80. The van der Waals surface area contributed by atoms with Crippen molar-refractivity contribution < 1.29 is 14.7 Å². The van der Waals surface area contributed by atoms with Gasteiger partial charge in [0.15, 0.2) is 11.0 Å². The minimum absolute atomic E-state index is 0.0156. The van der Waals surface area contributed by atoms with Crippen LogP contribution in [0.25, 0.3) is 11.5 Å². The predicted molar refractivity (Wildman–Crippen MR) is 125 cm³/mol. The van der Waals surface area contributed by atoms with Gasteiger partial charge in [-0.3, -0.25) is 14.3 Å². The number of pyridine rings is 2. The molecule has 4 rings (SSSR count). The molecule has 1 aliphatic heterocycles. The summed E-state index contributed by atoms with van der Waals surface area (Å²) in [7, 11) is 1.44. The first-order valence-electron chi connectivity index (χ1n) is 10.1. The molecule has 0 aromatic carbocycles. The number of carbonyl (C=O) groups excluding carboxylic acids is 1. The third-order valence-corrected chi connectivity index (χ3v) is 6.12. The van der Waals surface area contributed by atoms with Crippen molar-refractivity contribution in [3.05, 3.63) is 46.2 Å². The molecule has 1 aliphatic rings. The molecule has 3 aromatic rings. The van der Waals surface area contributed by atoms with Crippen LogP contribution in [-0.4, -0.2) is 60.0 Å². The van der Waals surface area contributed by atoms with Gasteiger partial charge in [0.05, 0.1) is 18.8 Å². The molecule has 0 unspecified atom stereocenters. The fraction of sp³-hybridized carbons (Fsp3) is 0.333. The first-order valence-corrected chi connectivity index (χ1v) is 11.7. The zero-order valence-corrected chi connectivity index (χ0v) is 20.1. The smallest absolute Gasteiger partial charge is 0.407 e. The first kappa shape index (κ1) is 23.0. The predicted octanol–water partition coefficient (Wildman–Crippen LogP) is 3.96. The summed E-state index contributed by atoms with van der Waals surface area (Å²) in [4.78, 5) is 36.1. The number of halogens is 1. The van der Waals surface area contributed by atoms with Crippen LogP contribution in [0.3, 0.4) is 0 Å². The highest BCUT2D eigenvalue weighted by atomic mass is 35.5. The van der Waals surface area contributed by atoms with Crippen LogP contribution in [0.1, 0.15) is 41.5 Å². The number of fused-ring (bicyclic) bond motifs is 1. The van der Waals surface area contributed by atoms with Crippen LogP contribution >= 0.6 is 23.4 Å². The molecular formula is C21H22ClN7O3S. The number of thioether (sulfide) groups is 1. The summed E-state index contributed by atoms with van der Waals surface area (Å²) in [5.41, 5.74) is 2.07. The van der Waals surface area contributed by atoms with Crippen molar-refractivity contribution in [1.82, 2.24) is 29.6 Å². The largest absolute Gasteiger partial charge is 0.465 e. The van der Waals surface area contributed by atoms with Gasteiger partial charge < -0.3 is 10.0 Å². The van der Waals surface area contributed by atoms with Crippen LogP contribution in [-0.2, 0) is 13.1 Å². The Labute approximate surface area is 199 Å². The van der Waals surface area contributed by atoms with E-state index in [4.69, 9.17) is 16.6 Å². The SMILES string of the molecule is CSc1nnc(-c2cccc(N3Cc4c(cc(Cl)nc4CN(C)C(=O)O)C3=O)n2)n1C(C)C. The van der Waals surface area contributed by atoms with Crippen molar-refractivity contribution in [3.63, 3.8) is 0 Å². The average Bonchev–Trinajstić information content (AvgIpc) is 3.35. The van der Waals surface area contributed by atoms with Gasteiger partial charge in [-0.1, -0.05) is 29.4 Å². The summed E-state index contributed by atoms with van der Waals surface area (Å²) in [6, 6.07) is 7.03. The lowest BCUT2D eigenvalue weighted by Gasteiger charge is -2.17. The first-order chi connectivity index (χ1) is 15.7. The molecule has 12 heteroatoms. The lowest BCUT2D eigenvalue weighted by molar-refractivity contribution is 0.0996. The third kappa shape index (κ3) is 4.25. The summed E-state index contributed by atoms with van der Waals surface area (Å²) in [5, 5.41) is 18.7. The molecule has 0 aliphatic carbocycles. The minimum atomic E-state index is -1.10. The van der Waals surface area contributed by atoms with Gasteiger partial charge in [-0.25, -0.2) is 14.8 Å². The lowest BCUT2D eigenvalue weighted by atomic mass is 10.1. The number of anilines is 1. The zero-order chi connectivity index (χ0) is 23.9. The van der Waals surface area contributed by atoms with E-state index in [1.165, 1.54) is 29.8 Å². The monoisotopic (exact) mass is 487 g/mol. The Bertz CT molecular complexity index is 1250. The summed E-state index contributed by atoms with van der Waals surface area (Å²) < 4.78 is 2.00. The van der Waals surface area contributed by atoms with Crippen molar-refractivity contribution in [1.29, 1.82) is 0 Å². The van der Waals surface area contributed by atoms with Crippen LogP contribution < -0.4 is 4.90 Å². The molecule has 0 saturated heterocycles. The molecule has 10 nitrogen and oxygen atoms in total. The molecule has 3 aromatic heterocycles. The van der Waals surface area contributed by atoms with E-state index in [9.17, 15) is 14.7 Å². The topological polar surface area (TPSA) is 117 Å². The molecule has 2 amide bonds. The second kappa shape index (κ2) is 8.99. The molecule has 1 N–H and O–H groups in total. The van der Waals surface area contributed by atoms with Gasteiger partial charge in [0.1, 0.15) is 16.7 Å². The molecule has 0 atom stereocenters. The summed E-state index contributed by atoms with van der Waals surface area (Å²) in [6.07, 6.45) is 0.842. The average molecular weight is 488 g/mol. The van der Waals surface area contributed by atoms with Gasteiger partial charge in [0.25, 0.3) is 5.91 Å². The molecule has 33 heavy (non-hydrogen) atoms. The molecule has 0 saturated carbocycles. The Hall–Kier alpha value is -3.18. The van der Waals surface area contributed by atoms with Gasteiger partial charge >= 0.3 is 6.09 Å². The fourth-order valence-electron chi connectivity index (χ4n) is 3.70. The quantitative estimate of drug-likeness (QED) is 0.410. The van der Waals surface area contributed by atoms with Gasteiger partial charge in [-0.05, 0) is 38.3 Å². The highest BCUT2D eigenvalue weighted by Crippen LogP contribution is 2.33. The summed E-state index contributed by atoms with van der Waals surface area (Å²) in [5.74, 6) is 0.800. The molecular weight excluding hydrogens is 466 g/mol. The Kier molecular flexibility index (Phi) is 6.26. The maximum absolute atomic E-state index is 13.2. The van der Waals surface area contributed by atoms with Crippen LogP contribution in [0, 0.1) is 0 Å². The fourth-order valence-corrected chi connectivity index (χ4v) is 4.52. The molecule has 0 bridgehead atoms. The Morgan fingerprint density at radius 3 is 2.73 bits per heavy atom. The van der Waals surface area contributed by atoms with E-state index in [1.54, 1.807) is 6.07 Å². The second-order valence-corrected chi connectivity index (χ2v) is 8.96. The van der Waals surface area contributed by atoms with E-state index < -0.39 is 6.09 Å². The number of rotatable bonds is 6. The maximum Gasteiger partial charge on any atom is 0.407 e. The van der Waals surface area contributed by atoms with E-state index >= 15 is 0 Å². The van der Waals surface area contributed by atoms with Crippen molar-refractivity contribution in [2.75, 3.05) is 18.2 Å². The Morgan fingerprint density at radius 2 is 2.06 bits per heavy atom. The van der Waals surface area contributed by atoms with Crippen molar-refractivity contribution >= 4 is 41.2 Å². The molecule has 4 heterocycles. The van der Waals surface area contributed by atoms with Crippen LogP contribution in [0.5, 0.6) is 0 Å². The van der Waals surface area contributed by atoms with Gasteiger partial charge in [-0.2, -0.15) is 0 Å². The van der Waals surface area contributed by atoms with Crippen LogP contribution in [0.2, 0.25) is 5.15 Å². The summed E-state index contributed by atoms with van der Waals surface area (Å²) in [6.45, 7) is 4.32. The highest BCUT2D eigenvalue weighted by molar-refractivity contribution is 7.98. The number of carboxylic acid groups (broad SMARTS) is 1. The number of carbonyl (C=O) groups is 2. The Balaban J connectivity index is 1.71. The normalized spacial score (nSPS) is 13.0. The van der Waals surface area contributed by atoms with E-state index in [1.807, 2.05) is 36.8 Å². The van der Waals surface area contributed by atoms with Crippen molar-refractivity contribution in [3.8, 4) is 11.5 Å². The van der Waals surface area contributed by atoms with Crippen molar-refractivity contribution in [2.45, 2.75) is 38.1 Å². The van der Waals surface area contributed by atoms with E-state index in [2.05, 4.69) is 15.2 Å². The summed E-state index contributed by atoms with van der Waals surface area (Å²) >= 11 is 7.64. The lowest BCUT2D eigenvalue weighted by Crippen LogP contribution is -2.25. The van der Waals surface area contributed by atoms with Gasteiger partial charge in [-0.15, -0.1) is 10.2 Å². The zero-order valence-electron chi connectivity index (χ0n) is 18.5. The van der Waals surface area contributed by atoms with E-state index in [0.29, 0.717) is 34.2 Å². The number of nitrogens with zero attached hydrogens (tertiary/aromatic N) is 7. The van der Waals surface area contributed by atoms with Gasteiger partial charge in [0.2, 0.25) is 0 Å². The number of hydrogen-bond acceptors (Lipinski definition) is 7. The van der Waals surface area contributed by atoms with Crippen LogP contribution in [0.15, 0.2) is 29.4 Å². The highest BCUT2D eigenvalue weighted by Gasteiger charge is 2.33. The number of aromatic nitrogens is 5. The minimum Gasteiger partial charge on any atom is -0.465 e. The van der Waals surface area contributed by atoms with Gasteiger partial charge in [0, 0.05) is 24.2 Å². The van der Waals surface area contributed by atoms with E-state index in [-0.39, 0.29) is 30.2 Å². The number of amides is 2. The maximum atomic E-state index is 13.2. The number of hydrogen-bond donors (Lipinski definition) is 1. The molecule has 172 valence electrons.